The monoisotopic (exact) mass is 419 g/mol. The molecule has 0 bridgehead atoms. The number of benzene rings is 1. The van der Waals surface area contributed by atoms with Crippen LogP contribution in [0, 0.1) is 0 Å². The minimum atomic E-state index is -0.268. The summed E-state index contributed by atoms with van der Waals surface area (Å²) in [4.78, 5) is 33.9. The normalized spacial score (nSPS) is 11.7. The third-order valence-corrected chi connectivity index (χ3v) is 4.69. The van der Waals surface area contributed by atoms with Gasteiger partial charge < -0.3 is 14.6 Å². The molecule has 1 N–H and O–H groups in total. The second-order valence-corrected chi connectivity index (χ2v) is 8.17. The Hall–Kier alpha value is -3.25. The van der Waals surface area contributed by atoms with Crippen molar-refractivity contribution < 1.29 is 14.3 Å². The van der Waals surface area contributed by atoms with Crippen LogP contribution in [-0.2, 0) is 27.2 Å². The number of H-pyrrole nitrogens is 1. The van der Waals surface area contributed by atoms with Crippen LogP contribution in [0.15, 0.2) is 54.9 Å². The lowest BCUT2D eigenvalue weighted by atomic mass is 10.00. The molecule has 0 amide bonds. The number of aromatic amines is 1. The number of carbonyl (C=O) groups is 2. The number of fused-ring (bicyclic) bond motifs is 1. The lowest BCUT2D eigenvalue weighted by Gasteiger charge is -2.08. The maximum Gasteiger partial charge on any atom is 0.310 e. The summed E-state index contributed by atoms with van der Waals surface area (Å²) < 4.78 is 5.24. The first-order valence-corrected chi connectivity index (χ1v) is 10.4. The Balaban J connectivity index is 1.80. The van der Waals surface area contributed by atoms with Gasteiger partial charge in [-0.1, -0.05) is 30.3 Å². The zero-order valence-corrected chi connectivity index (χ0v) is 18.5. The van der Waals surface area contributed by atoms with E-state index in [2.05, 4.69) is 9.97 Å². The van der Waals surface area contributed by atoms with E-state index in [4.69, 9.17) is 4.74 Å². The smallest absolute Gasteiger partial charge is 0.310 e. The zero-order chi connectivity index (χ0) is 22.4. The largest absolute Gasteiger partial charge is 0.463 e. The Morgan fingerprint density at radius 3 is 2.71 bits per heavy atom. The molecule has 2 heterocycles. The second-order valence-electron chi connectivity index (χ2n) is 8.17. The van der Waals surface area contributed by atoms with Crippen LogP contribution in [-0.4, -0.2) is 53.4 Å². The summed E-state index contributed by atoms with van der Waals surface area (Å²) in [6.07, 6.45) is 7.51. The molecule has 31 heavy (non-hydrogen) atoms. The Bertz CT molecular complexity index is 1100. The molecular formula is C25H29N3O3. The predicted molar refractivity (Wildman–Crippen MR) is 123 cm³/mol. The maximum atomic E-state index is 12.3. The molecule has 0 fully saturated rings. The van der Waals surface area contributed by atoms with E-state index in [1.807, 2.05) is 75.4 Å². The summed E-state index contributed by atoms with van der Waals surface area (Å²) in [5.74, 6) is -0.193. The third kappa shape index (κ3) is 6.36. The second kappa shape index (κ2) is 10.2. The number of nitrogens with zero attached hydrogens (tertiary/aromatic N) is 2. The molecule has 0 saturated heterocycles. The number of nitrogens with one attached hydrogen (secondary N) is 1. The summed E-state index contributed by atoms with van der Waals surface area (Å²) in [7, 11) is 3.93. The number of aromatic nitrogens is 2. The number of likely N-dealkylation sites (N-methyl/N-ethyl adjacent to an activating group) is 1. The molecule has 3 aromatic rings. The van der Waals surface area contributed by atoms with E-state index < -0.39 is 0 Å². The van der Waals surface area contributed by atoms with Crippen LogP contribution in [0.4, 0.5) is 0 Å². The topological polar surface area (TPSA) is 75.3 Å². The van der Waals surface area contributed by atoms with Crippen molar-refractivity contribution in [2.24, 2.45) is 0 Å². The van der Waals surface area contributed by atoms with Gasteiger partial charge in [-0.15, -0.1) is 0 Å². The lowest BCUT2D eigenvalue weighted by Crippen LogP contribution is -2.13. The highest BCUT2D eigenvalue weighted by molar-refractivity contribution is 5.95. The van der Waals surface area contributed by atoms with Crippen LogP contribution in [0.3, 0.4) is 0 Å². The van der Waals surface area contributed by atoms with Crippen LogP contribution in [0.1, 0.15) is 25.0 Å². The molecule has 0 unspecified atom stereocenters. The highest BCUT2D eigenvalue weighted by Gasteiger charge is 2.12. The van der Waals surface area contributed by atoms with Gasteiger partial charge in [0.05, 0.1) is 12.5 Å². The van der Waals surface area contributed by atoms with Gasteiger partial charge in [0.2, 0.25) is 0 Å². The first kappa shape index (κ1) is 22.4. The molecule has 0 radical (unpaired) electrons. The van der Waals surface area contributed by atoms with Gasteiger partial charge in [-0.3, -0.25) is 9.59 Å². The van der Waals surface area contributed by atoms with Gasteiger partial charge in [0.15, 0.2) is 5.78 Å². The van der Waals surface area contributed by atoms with Gasteiger partial charge in [0.25, 0.3) is 0 Å². The number of rotatable bonds is 9. The summed E-state index contributed by atoms with van der Waals surface area (Å²) in [6, 6.07) is 9.93. The highest BCUT2D eigenvalue weighted by atomic mass is 16.5. The van der Waals surface area contributed by atoms with Gasteiger partial charge in [0.1, 0.15) is 5.65 Å². The lowest BCUT2D eigenvalue weighted by molar-refractivity contribution is -0.146. The zero-order valence-electron chi connectivity index (χ0n) is 18.5. The van der Waals surface area contributed by atoms with Crippen molar-refractivity contribution in [1.29, 1.82) is 0 Å². The van der Waals surface area contributed by atoms with Crippen LogP contribution in [0.25, 0.3) is 22.2 Å². The molecule has 1 aromatic carbocycles. The van der Waals surface area contributed by atoms with Gasteiger partial charge in [0, 0.05) is 36.3 Å². The first-order valence-electron chi connectivity index (χ1n) is 10.4. The summed E-state index contributed by atoms with van der Waals surface area (Å²) >= 11 is 0. The van der Waals surface area contributed by atoms with Crippen molar-refractivity contribution in [2.75, 3.05) is 20.6 Å². The Kier molecular flexibility index (Phi) is 7.36. The van der Waals surface area contributed by atoms with E-state index in [1.54, 1.807) is 12.3 Å². The minimum Gasteiger partial charge on any atom is -0.463 e. The van der Waals surface area contributed by atoms with Crippen LogP contribution < -0.4 is 0 Å². The summed E-state index contributed by atoms with van der Waals surface area (Å²) in [6.45, 7) is 4.40. The first-order chi connectivity index (χ1) is 14.8. The van der Waals surface area contributed by atoms with Gasteiger partial charge in [-0.25, -0.2) is 4.98 Å². The van der Waals surface area contributed by atoms with Crippen molar-refractivity contribution in [2.45, 2.75) is 32.8 Å². The third-order valence-electron chi connectivity index (χ3n) is 4.69. The van der Waals surface area contributed by atoms with E-state index in [0.29, 0.717) is 6.42 Å². The predicted octanol–water partition coefficient (Wildman–Crippen LogP) is 3.95. The summed E-state index contributed by atoms with van der Waals surface area (Å²) in [5.41, 5.74) is 4.49. The molecular weight excluding hydrogens is 390 g/mol. The number of ether oxygens (including phenoxy) is 1. The van der Waals surface area contributed by atoms with Crippen LogP contribution in [0.5, 0.6) is 0 Å². The van der Waals surface area contributed by atoms with E-state index in [-0.39, 0.29) is 24.3 Å². The molecule has 3 rings (SSSR count). The number of hydrogen-bond donors (Lipinski definition) is 1. The number of carbonyl (C=O) groups excluding carboxylic acids is 2. The van der Waals surface area contributed by atoms with Gasteiger partial charge in [-0.05, 0) is 56.8 Å². The van der Waals surface area contributed by atoms with Crippen molar-refractivity contribution in [3.63, 3.8) is 0 Å². The fourth-order valence-corrected chi connectivity index (χ4v) is 3.36. The van der Waals surface area contributed by atoms with E-state index in [9.17, 15) is 9.59 Å². The van der Waals surface area contributed by atoms with E-state index in [0.717, 1.165) is 39.8 Å². The standard InChI is InChI=1S/C25H29N3O3/c1-17(2)31-24(30)14-19-13-22-23(16-27-25(22)26-15-19)20-8-5-7-18(11-20)12-21(29)9-6-10-28(3)4/h5-9,11,13,15-17H,10,12,14H2,1-4H3,(H,26,27)/b9-6+. The van der Waals surface area contributed by atoms with Crippen molar-refractivity contribution >= 4 is 22.8 Å². The molecule has 0 atom stereocenters. The number of pyridine rings is 1. The molecule has 6 heteroatoms. The fourth-order valence-electron chi connectivity index (χ4n) is 3.36. The molecule has 0 aliphatic carbocycles. The van der Waals surface area contributed by atoms with Gasteiger partial charge in [-0.2, -0.15) is 0 Å². The molecule has 0 aliphatic rings. The fraction of sp³-hybridized carbons (Fsp3) is 0.320. The van der Waals surface area contributed by atoms with Crippen molar-refractivity contribution in [3.8, 4) is 11.1 Å². The van der Waals surface area contributed by atoms with Crippen molar-refractivity contribution in [3.05, 3.63) is 66.0 Å². The number of esters is 1. The Labute approximate surface area is 182 Å². The average Bonchev–Trinajstić information content (AvgIpc) is 3.10. The molecule has 162 valence electrons. The molecule has 6 nitrogen and oxygen atoms in total. The van der Waals surface area contributed by atoms with E-state index >= 15 is 0 Å². The van der Waals surface area contributed by atoms with E-state index in [1.165, 1.54) is 0 Å². The SMILES string of the molecule is CC(C)OC(=O)Cc1cnc2[nH]cc(-c3cccc(CC(=O)/C=C/CN(C)C)c3)c2c1. The van der Waals surface area contributed by atoms with Crippen LogP contribution in [0.2, 0.25) is 0 Å². The highest BCUT2D eigenvalue weighted by Crippen LogP contribution is 2.29. The maximum absolute atomic E-state index is 12.3. The summed E-state index contributed by atoms with van der Waals surface area (Å²) in [5, 5.41) is 0.934. The van der Waals surface area contributed by atoms with Crippen molar-refractivity contribution in [1.82, 2.24) is 14.9 Å². The number of ketones is 1. The molecule has 0 saturated carbocycles. The number of allylic oxidation sites excluding steroid dienone is 1. The Morgan fingerprint density at radius 1 is 1.16 bits per heavy atom. The van der Waals surface area contributed by atoms with Crippen LogP contribution >= 0.6 is 0 Å². The molecule has 0 spiro atoms. The molecule has 2 aromatic heterocycles. The quantitative estimate of drug-likeness (QED) is 0.420. The number of hydrogen-bond acceptors (Lipinski definition) is 5. The minimum absolute atomic E-state index is 0.0746. The Morgan fingerprint density at radius 2 is 1.97 bits per heavy atom. The average molecular weight is 420 g/mol. The van der Waals surface area contributed by atoms with Gasteiger partial charge >= 0.3 is 5.97 Å². The molecule has 0 aliphatic heterocycles.